The molecule has 4 heteroatoms. The van der Waals surface area contributed by atoms with Crippen molar-refractivity contribution in [1.29, 1.82) is 0 Å². The minimum Gasteiger partial charge on any atom is -0.468 e. The van der Waals surface area contributed by atoms with Crippen LogP contribution in [0.15, 0.2) is 24.4 Å². The Labute approximate surface area is 99.8 Å². The number of para-hydroxylation sites is 1. The van der Waals surface area contributed by atoms with Gasteiger partial charge in [-0.25, -0.2) is 0 Å². The molecule has 0 aliphatic heterocycles. The predicted molar refractivity (Wildman–Crippen MR) is 66.6 cm³/mol. The Kier molecular flexibility index (Phi) is 3.15. The highest BCUT2D eigenvalue weighted by Crippen LogP contribution is 2.26. The topological polar surface area (TPSA) is 68.1 Å². The molecule has 90 valence electrons. The molecule has 0 amide bonds. The molecule has 0 bridgehead atoms. The van der Waals surface area contributed by atoms with E-state index in [0.717, 1.165) is 22.9 Å². The van der Waals surface area contributed by atoms with E-state index < -0.39 is 12.0 Å². The van der Waals surface area contributed by atoms with Gasteiger partial charge < -0.3 is 15.5 Å². The lowest BCUT2D eigenvalue weighted by molar-refractivity contribution is -0.142. The second kappa shape index (κ2) is 4.59. The SMILES string of the molecule is CCc1cccc2c(C(N)C(=O)OC)c[nH]c12. The summed E-state index contributed by atoms with van der Waals surface area (Å²) in [6.45, 7) is 2.09. The van der Waals surface area contributed by atoms with Crippen LogP contribution >= 0.6 is 0 Å². The summed E-state index contributed by atoms with van der Waals surface area (Å²) < 4.78 is 4.66. The van der Waals surface area contributed by atoms with Crippen molar-refractivity contribution in [3.63, 3.8) is 0 Å². The standard InChI is InChI=1S/C13H16N2O2/c1-3-8-5-4-6-9-10(7-15-12(8)9)11(14)13(16)17-2/h4-7,11,15H,3,14H2,1-2H3. The van der Waals surface area contributed by atoms with Gasteiger partial charge in [0, 0.05) is 22.7 Å². The summed E-state index contributed by atoms with van der Waals surface area (Å²) in [6.07, 6.45) is 2.72. The summed E-state index contributed by atoms with van der Waals surface area (Å²) in [5.41, 5.74) is 8.90. The van der Waals surface area contributed by atoms with E-state index >= 15 is 0 Å². The van der Waals surface area contributed by atoms with Gasteiger partial charge in [0.1, 0.15) is 6.04 Å². The van der Waals surface area contributed by atoms with E-state index in [4.69, 9.17) is 5.73 Å². The number of fused-ring (bicyclic) bond motifs is 1. The van der Waals surface area contributed by atoms with Crippen molar-refractivity contribution >= 4 is 16.9 Å². The van der Waals surface area contributed by atoms with Gasteiger partial charge in [0.15, 0.2) is 0 Å². The molecule has 0 saturated heterocycles. The highest BCUT2D eigenvalue weighted by molar-refractivity contribution is 5.91. The molecule has 0 aliphatic rings. The van der Waals surface area contributed by atoms with Crippen LogP contribution in [0.25, 0.3) is 10.9 Å². The second-order valence-electron chi connectivity index (χ2n) is 3.94. The van der Waals surface area contributed by atoms with Crippen molar-refractivity contribution in [3.05, 3.63) is 35.5 Å². The number of esters is 1. The third-order valence-electron chi connectivity index (χ3n) is 3.00. The van der Waals surface area contributed by atoms with Gasteiger partial charge in [-0.2, -0.15) is 0 Å². The third-order valence-corrected chi connectivity index (χ3v) is 3.00. The summed E-state index contributed by atoms with van der Waals surface area (Å²) in [4.78, 5) is 14.6. The van der Waals surface area contributed by atoms with Gasteiger partial charge in [0.2, 0.25) is 0 Å². The van der Waals surface area contributed by atoms with Gasteiger partial charge in [0.25, 0.3) is 0 Å². The van der Waals surface area contributed by atoms with Gasteiger partial charge in [0.05, 0.1) is 7.11 Å². The Morgan fingerprint density at radius 1 is 1.53 bits per heavy atom. The van der Waals surface area contributed by atoms with E-state index in [1.54, 1.807) is 6.20 Å². The average molecular weight is 232 g/mol. The molecule has 1 aromatic heterocycles. The molecule has 0 fully saturated rings. The first-order valence-corrected chi connectivity index (χ1v) is 5.61. The molecule has 1 heterocycles. The first kappa shape index (κ1) is 11.7. The number of carbonyl (C=O) groups is 1. The van der Waals surface area contributed by atoms with Crippen LogP contribution in [-0.4, -0.2) is 18.1 Å². The van der Waals surface area contributed by atoms with Crippen molar-refractivity contribution in [2.45, 2.75) is 19.4 Å². The quantitative estimate of drug-likeness (QED) is 0.794. The van der Waals surface area contributed by atoms with Crippen LogP contribution in [0.5, 0.6) is 0 Å². The molecular weight excluding hydrogens is 216 g/mol. The molecule has 0 radical (unpaired) electrons. The summed E-state index contributed by atoms with van der Waals surface area (Å²) in [7, 11) is 1.34. The van der Waals surface area contributed by atoms with Gasteiger partial charge in [-0.3, -0.25) is 4.79 Å². The number of aromatic nitrogens is 1. The summed E-state index contributed by atoms with van der Waals surface area (Å²) >= 11 is 0. The zero-order valence-corrected chi connectivity index (χ0v) is 9.99. The smallest absolute Gasteiger partial charge is 0.327 e. The fourth-order valence-corrected chi connectivity index (χ4v) is 2.04. The van der Waals surface area contributed by atoms with Crippen molar-refractivity contribution in [2.24, 2.45) is 5.73 Å². The molecule has 3 N–H and O–H groups in total. The van der Waals surface area contributed by atoms with Crippen LogP contribution in [0, 0.1) is 0 Å². The van der Waals surface area contributed by atoms with Crippen LogP contribution in [0.2, 0.25) is 0 Å². The number of hydrogen-bond acceptors (Lipinski definition) is 3. The molecule has 1 atom stereocenters. The molecule has 1 unspecified atom stereocenters. The number of aromatic amines is 1. The Hall–Kier alpha value is -1.81. The molecule has 0 aliphatic carbocycles. The highest BCUT2D eigenvalue weighted by atomic mass is 16.5. The number of hydrogen-bond donors (Lipinski definition) is 2. The van der Waals surface area contributed by atoms with Gasteiger partial charge in [-0.1, -0.05) is 25.1 Å². The number of methoxy groups -OCH3 is 1. The highest BCUT2D eigenvalue weighted by Gasteiger charge is 2.20. The first-order chi connectivity index (χ1) is 8.19. The lowest BCUT2D eigenvalue weighted by Gasteiger charge is -2.08. The number of nitrogens with two attached hydrogens (primary N) is 1. The Morgan fingerprint density at radius 2 is 2.29 bits per heavy atom. The minimum atomic E-state index is -0.735. The molecular formula is C13H16N2O2. The molecule has 4 nitrogen and oxygen atoms in total. The predicted octanol–water partition coefficient (Wildman–Crippen LogP) is 1.90. The van der Waals surface area contributed by atoms with E-state index in [0.29, 0.717) is 0 Å². The second-order valence-corrected chi connectivity index (χ2v) is 3.94. The first-order valence-electron chi connectivity index (χ1n) is 5.61. The van der Waals surface area contributed by atoms with Crippen molar-refractivity contribution in [3.8, 4) is 0 Å². The molecule has 17 heavy (non-hydrogen) atoms. The van der Waals surface area contributed by atoms with Crippen LogP contribution in [0.4, 0.5) is 0 Å². The van der Waals surface area contributed by atoms with E-state index in [1.165, 1.54) is 12.7 Å². The zero-order chi connectivity index (χ0) is 12.4. The normalized spacial score (nSPS) is 12.6. The maximum atomic E-state index is 11.4. The Balaban J connectivity index is 2.53. The van der Waals surface area contributed by atoms with Crippen molar-refractivity contribution < 1.29 is 9.53 Å². The van der Waals surface area contributed by atoms with Crippen LogP contribution < -0.4 is 5.73 Å². The monoisotopic (exact) mass is 232 g/mol. The van der Waals surface area contributed by atoms with Crippen LogP contribution in [-0.2, 0) is 16.0 Å². The van der Waals surface area contributed by atoms with E-state index in [9.17, 15) is 4.79 Å². The minimum absolute atomic E-state index is 0.423. The van der Waals surface area contributed by atoms with Crippen molar-refractivity contribution in [1.82, 2.24) is 4.98 Å². The van der Waals surface area contributed by atoms with Gasteiger partial charge >= 0.3 is 5.97 Å². The lowest BCUT2D eigenvalue weighted by Crippen LogP contribution is -2.22. The van der Waals surface area contributed by atoms with Crippen LogP contribution in [0.1, 0.15) is 24.1 Å². The number of H-pyrrole nitrogens is 1. The van der Waals surface area contributed by atoms with E-state index in [1.807, 2.05) is 12.1 Å². The molecule has 0 saturated carbocycles. The largest absolute Gasteiger partial charge is 0.468 e. The summed E-state index contributed by atoms with van der Waals surface area (Å²) in [5, 5.41) is 0.988. The fraction of sp³-hybridized carbons (Fsp3) is 0.308. The number of rotatable bonds is 3. The number of nitrogens with one attached hydrogen (secondary N) is 1. The average Bonchev–Trinajstić information content (AvgIpc) is 2.80. The van der Waals surface area contributed by atoms with Gasteiger partial charge in [-0.15, -0.1) is 0 Å². The molecule has 2 rings (SSSR count). The maximum Gasteiger partial charge on any atom is 0.327 e. The Bertz CT molecular complexity index is 545. The number of carbonyl (C=O) groups excluding carboxylic acids is 1. The van der Waals surface area contributed by atoms with Crippen LogP contribution in [0.3, 0.4) is 0 Å². The van der Waals surface area contributed by atoms with E-state index in [2.05, 4.69) is 22.7 Å². The van der Waals surface area contributed by atoms with E-state index in [-0.39, 0.29) is 0 Å². The summed E-state index contributed by atoms with van der Waals surface area (Å²) in [6, 6.07) is 5.26. The molecule has 0 spiro atoms. The zero-order valence-electron chi connectivity index (χ0n) is 9.99. The van der Waals surface area contributed by atoms with Gasteiger partial charge in [-0.05, 0) is 12.0 Å². The third kappa shape index (κ3) is 1.91. The van der Waals surface area contributed by atoms with Crippen molar-refractivity contribution in [2.75, 3.05) is 7.11 Å². The lowest BCUT2D eigenvalue weighted by atomic mass is 10.0. The number of ether oxygens (including phenoxy) is 1. The fourth-order valence-electron chi connectivity index (χ4n) is 2.04. The molecule has 2 aromatic rings. The number of benzene rings is 1. The molecule has 1 aromatic carbocycles. The summed E-state index contributed by atoms with van der Waals surface area (Å²) in [5.74, 6) is -0.423. The maximum absolute atomic E-state index is 11.4. The number of aryl methyl sites for hydroxylation is 1. The Morgan fingerprint density at radius 3 is 2.94 bits per heavy atom.